The Bertz CT molecular complexity index is 651. The Morgan fingerprint density at radius 3 is 2.16 bits per heavy atom. The first kappa shape index (κ1) is 24.2. The van der Waals surface area contributed by atoms with E-state index in [-0.39, 0.29) is 18.6 Å². The fourth-order valence-electron chi connectivity index (χ4n) is 3.80. The molecule has 2 aliphatic rings. The van der Waals surface area contributed by atoms with Gasteiger partial charge in [-0.2, -0.15) is 8.78 Å². The molecule has 2 aliphatic heterocycles. The number of alkyl halides is 2. The van der Waals surface area contributed by atoms with Gasteiger partial charge in [0, 0.05) is 12.3 Å². The van der Waals surface area contributed by atoms with Crippen LogP contribution in [0.3, 0.4) is 0 Å². The van der Waals surface area contributed by atoms with E-state index in [1.54, 1.807) is 0 Å². The summed E-state index contributed by atoms with van der Waals surface area (Å²) in [5.74, 6) is -3.01. The zero-order valence-electron chi connectivity index (χ0n) is 17.7. The number of hydrogen-bond acceptors (Lipinski definition) is 5. The zero-order chi connectivity index (χ0) is 22.2. The summed E-state index contributed by atoms with van der Waals surface area (Å²) in [5, 5.41) is 0. The molecule has 1 aromatic carbocycles. The first-order chi connectivity index (χ1) is 15.0. The molecule has 0 spiro atoms. The van der Waals surface area contributed by atoms with Crippen LogP contribution in [-0.4, -0.2) is 45.6 Å². The van der Waals surface area contributed by atoms with Gasteiger partial charge in [0.05, 0.1) is 32.3 Å². The van der Waals surface area contributed by atoms with Gasteiger partial charge in [-0.1, -0.05) is 26.2 Å². The average molecular weight is 450 g/mol. The zero-order valence-corrected chi connectivity index (χ0v) is 17.7. The van der Waals surface area contributed by atoms with Crippen LogP contribution in [0.2, 0.25) is 0 Å². The highest BCUT2D eigenvalue weighted by Crippen LogP contribution is 2.28. The summed E-state index contributed by atoms with van der Waals surface area (Å²) in [7, 11) is 0. The van der Waals surface area contributed by atoms with Crippen LogP contribution in [0, 0.1) is 23.5 Å². The molecule has 0 N–H and O–H groups in total. The predicted molar refractivity (Wildman–Crippen MR) is 104 cm³/mol. The van der Waals surface area contributed by atoms with Crippen LogP contribution in [0.5, 0.6) is 5.75 Å². The molecule has 0 bridgehead atoms. The standard InChI is InChI=1S/C22H30F4O5/c1-2-3-4-5-15-10-29-21(30-11-15)16-12-27-19(28-13-16)7-6-14-8-17(23)20(18(24)9-14)31-22(25)26/h8-9,15-16,19,21-22H,2-7,10-13H2,1H3. The molecule has 9 heteroatoms. The first-order valence-electron chi connectivity index (χ1n) is 10.8. The lowest BCUT2D eigenvalue weighted by Crippen LogP contribution is -2.44. The predicted octanol–water partition coefficient (Wildman–Crippen LogP) is 5.06. The topological polar surface area (TPSA) is 46.2 Å². The summed E-state index contributed by atoms with van der Waals surface area (Å²) in [4.78, 5) is 0. The van der Waals surface area contributed by atoms with Gasteiger partial charge >= 0.3 is 6.61 Å². The quantitative estimate of drug-likeness (QED) is 0.369. The molecule has 176 valence electrons. The number of aryl methyl sites for hydroxylation is 1. The Balaban J connectivity index is 1.38. The molecule has 2 saturated heterocycles. The van der Waals surface area contributed by atoms with Gasteiger partial charge in [-0.05, 0) is 30.5 Å². The molecule has 0 amide bonds. The molecule has 1 aromatic rings. The lowest BCUT2D eigenvalue weighted by atomic mass is 10.0. The normalized spacial score (nSPS) is 26.9. The van der Waals surface area contributed by atoms with E-state index in [1.165, 1.54) is 19.3 Å². The van der Waals surface area contributed by atoms with Crippen molar-refractivity contribution < 1.29 is 41.2 Å². The van der Waals surface area contributed by atoms with Gasteiger partial charge in [-0.25, -0.2) is 8.78 Å². The lowest BCUT2D eigenvalue weighted by Gasteiger charge is -2.37. The van der Waals surface area contributed by atoms with Crippen LogP contribution in [0.4, 0.5) is 17.6 Å². The van der Waals surface area contributed by atoms with Crippen molar-refractivity contribution in [2.24, 2.45) is 11.8 Å². The van der Waals surface area contributed by atoms with Gasteiger partial charge in [0.1, 0.15) is 0 Å². The summed E-state index contributed by atoms with van der Waals surface area (Å²) in [6.07, 6.45) is 4.46. The molecule has 2 fully saturated rings. The van der Waals surface area contributed by atoms with Crippen LogP contribution >= 0.6 is 0 Å². The molecular formula is C22H30F4O5. The Morgan fingerprint density at radius 1 is 0.935 bits per heavy atom. The lowest BCUT2D eigenvalue weighted by molar-refractivity contribution is -0.281. The number of halogens is 4. The van der Waals surface area contributed by atoms with E-state index in [0.717, 1.165) is 18.6 Å². The van der Waals surface area contributed by atoms with Gasteiger partial charge in [0.2, 0.25) is 0 Å². The molecule has 0 aliphatic carbocycles. The third kappa shape index (κ3) is 7.30. The minimum atomic E-state index is -3.30. The van der Waals surface area contributed by atoms with Crippen molar-refractivity contribution in [1.29, 1.82) is 0 Å². The van der Waals surface area contributed by atoms with E-state index in [0.29, 0.717) is 44.3 Å². The molecule has 0 saturated carbocycles. The highest BCUT2D eigenvalue weighted by atomic mass is 19.3. The summed E-state index contributed by atoms with van der Waals surface area (Å²) in [5.41, 5.74) is 0.305. The van der Waals surface area contributed by atoms with Crippen molar-refractivity contribution >= 4 is 0 Å². The van der Waals surface area contributed by atoms with Crippen LogP contribution in [0.25, 0.3) is 0 Å². The van der Waals surface area contributed by atoms with Crippen molar-refractivity contribution in [3.63, 3.8) is 0 Å². The van der Waals surface area contributed by atoms with E-state index >= 15 is 0 Å². The molecule has 0 radical (unpaired) electrons. The second-order valence-corrected chi connectivity index (χ2v) is 8.06. The average Bonchev–Trinajstić information content (AvgIpc) is 2.76. The molecule has 2 heterocycles. The second-order valence-electron chi connectivity index (χ2n) is 8.06. The maximum absolute atomic E-state index is 13.8. The number of rotatable bonds is 10. The highest BCUT2D eigenvalue weighted by molar-refractivity contribution is 5.31. The Morgan fingerprint density at radius 2 is 1.58 bits per heavy atom. The van der Waals surface area contributed by atoms with Crippen LogP contribution < -0.4 is 4.74 Å². The third-order valence-corrected chi connectivity index (χ3v) is 5.52. The first-order valence-corrected chi connectivity index (χ1v) is 10.8. The van der Waals surface area contributed by atoms with Gasteiger partial charge < -0.3 is 23.7 Å². The summed E-state index contributed by atoms with van der Waals surface area (Å²) in [6.45, 7) is 1.04. The summed E-state index contributed by atoms with van der Waals surface area (Å²) >= 11 is 0. The Hall–Kier alpha value is -1.42. The fraction of sp³-hybridized carbons (Fsp3) is 0.727. The minimum absolute atomic E-state index is 0.0338. The van der Waals surface area contributed by atoms with E-state index in [4.69, 9.17) is 18.9 Å². The molecular weight excluding hydrogens is 420 g/mol. The van der Waals surface area contributed by atoms with E-state index < -0.39 is 30.3 Å². The maximum Gasteiger partial charge on any atom is 0.387 e. The molecule has 5 nitrogen and oxygen atoms in total. The van der Waals surface area contributed by atoms with Crippen molar-refractivity contribution in [1.82, 2.24) is 0 Å². The van der Waals surface area contributed by atoms with Gasteiger partial charge in [0.25, 0.3) is 0 Å². The highest BCUT2D eigenvalue weighted by Gasteiger charge is 2.33. The molecule has 0 atom stereocenters. The van der Waals surface area contributed by atoms with E-state index in [9.17, 15) is 17.6 Å². The fourth-order valence-corrected chi connectivity index (χ4v) is 3.80. The summed E-state index contributed by atoms with van der Waals surface area (Å²) in [6, 6.07) is 1.96. The van der Waals surface area contributed by atoms with Crippen LogP contribution in [-0.2, 0) is 25.4 Å². The SMILES string of the molecule is CCCCCC1COC(C2COC(CCc3cc(F)c(OC(F)F)c(F)c3)OC2)OC1. The van der Waals surface area contributed by atoms with E-state index in [1.807, 2.05) is 0 Å². The van der Waals surface area contributed by atoms with Crippen LogP contribution in [0.15, 0.2) is 12.1 Å². The molecule has 0 aromatic heterocycles. The maximum atomic E-state index is 13.8. The Labute approximate surface area is 179 Å². The summed E-state index contributed by atoms with van der Waals surface area (Å²) < 4.78 is 79.1. The van der Waals surface area contributed by atoms with Gasteiger partial charge in [-0.3, -0.25) is 0 Å². The van der Waals surface area contributed by atoms with Crippen molar-refractivity contribution in [2.45, 2.75) is 64.6 Å². The number of unbranched alkanes of at least 4 members (excludes halogenated alkanes) is 2. The van der Waals surface area contributed by atoms with Crippen molar-refractivity contribution in [3.8, 4) is 5.75 Å². The number of hydrogen-bond donors (Lipinski definition) is 0. The van der Waals surface area contributed by atoms with Crippen LogP contribution in [0.1, 0.15) is 44.6 Å². The van der Waals surface area contributed by atoms with Crippen molar-refractivity contribution in [3.05, 3.63) is 29.3 Å². The monoisotopic (exact) mass is 450 g/mol. The van der Waals surface area contributed by atoms with E-state index in [2.05, 4.69) is 11.7 Å². The smallest absolute Gasteiger partial charge is 0.387 e. The van der Waals surface area contributed by atoms with Gasteiger partial charge in [0.15, 0.2) is 30.0 Å². The Kier molecular flexibility index (Phi) is 9.37. The number of ether oxygens (including phenoxy) is 5. The third-order valence-electron chi connectivity index (χ3n) is 5.52. The second kappa shape index (κ2) is 12.0. The minimum Gasteiger partial charge on any atom is -0.429 e. The molecule has 0 unspecified atom stereocenters. The number of benzene rings is 1. The largest absolute Gasteiger partial charge is 0.429 e. The van der Waals surface area contributed by atoms with Crippen molar-refractivity contribution in [2.75, 3.05) is 26.4 Å². The molecule has 31 heavy (non-hydrogen) atoms. The van der Waals surface area contributed by atoms with Gasteiger partial charge in [-0.15, -0.1) is 0 Å². The molecule has 3 rings (SSSR count).